The summed E-state index contributed by atoms with van der Waals surface area (Å²) in [6.07, 6.45) is 0.206. The number of hydrogen-bond acceptors (Lipinski definition) is 5. The number of aromatic nitrogens is 2. The van der Waals surface area contributed by atoms with Crippen molar-refractivity contribution >= 4 is 12.4 Å². The van der Waals surface area contributed by atoms with Gasteiger partial charge in [0.15, 0.2) is 0 Å². The van der Waals surface area contributed by atoms with Crippen molar-refractivity contribution in [1.29, 1.82) is 0 Å². The van der Waals surface area contributed by atoms with Crippen molar-refractivity contribution in [2.75, 3.05) is 13.1 Å². The van der Waals surface area contributed by atoms with Crippen molar-refractivity contribution in [3.05, 3.63) is 54.6 Å². The van der Waals surface area contributed by atoms with Crippen LogP contribution in [-0.4, -0.2) is 29.3 Å². The number of ether oxygens (including phenoxy) is 1. The Morgan fingerprint density at radius 1 is 1.00 bits per heavy atom. The van der Waals surface area contributed by atoms with Crippen molar-refractivity contribution in [3.8, 4) is 28.6 Å². The summed E-state index contributed by atoms with van der Waals surface area (Å²) in [6, 6.07) is 17.5. The molecule has 0 unspecified atom stereocenters. The number of halogens is 1. The molecule has 1 aliphatic rings. The quantitative estimate of drug-likeness (QED) is 0.796. The molecule has 2 aromatic carbocycles. The molecule has 0 spiro atoms. The average Bonchev–Trinajstić information content (AvgIpc) is 3.02. The first-order valence-electron chi connectivity index (χ1n) is 7.26. The standard InChI is InChI=1S/C17H15N3O2.ClH/c1-2-6-12(7-3-1)16-19-17(22-20-16)14-8-4-5-9-15(14)21-13-10-18-11-13;/h1-9,13,18H,10-11H2;1H. The first kappa shape index (κ1) is 15.5. The second-order valence-corrected chi connectivity index (χ2v) is 5.18. The van der Waals surface area contributed by atoms with Gasteiger partial charge in [-0.3, -0.25) is 0 Å². The molecule has 1 aromatic heterocycles. The van der Waals surface area contributed by atoms with E-state index in [1.165, 1.54) is 0 Å². The third-order valence-corrected chi connectivity index (χ3v) is 3.61. The summed E-state index contributed by atoms with van der Waals surface area (Å²) in [5.41, 5.74) is 1.75. The topological polar surface area (TPSA) is 60.2 Å². The smallest absolute Gasteiger partial charge is 0.262 e. The predicted molar refractivity (Wildman–Crippen MR) is 89.7 cm³/mol. The minimum atomic E-state index is 0. The van der Waals surface area contributed by atoms with Crippen LogP contribution < -0.4 is 10.1 Å². The molecule has 0 saturated carbocycles. The minimum absolute atomic E-state index is 0. The Morgan fingerprint density at radius 3 is 2.48 bits per heavy atom. The summed E-state index contributed by atoms with van der Waals surface area (Å²) in [5.74, 6) is 1.83. The molecule has 4 rings (SSSR count). The average molecular weight is 330 g/mol. The van der Waals surface area contributed by atoms with Gasteiger partial charge in [0.1, 0.15) is 11.9 Å². The maximum absolute atomic E-state index is 5.96. The molecule has 0 bridgehead atoms. The van der Waals surface area contributed by atoms with Crippen LogP contribution in [0.4, 0.5) is 0 Å². The Labute approximate surface area is 140 Å². The highest BCUT2D eigenvalue weighted by Crippen LogP contribution is 2.31. The molecule has 0 aliphatic carbocycles. The van der Waals surface area contributed by atoms with E-state index in [0.29, 0.717) is 11.7 Å². The molecule has 118 valence electrons. The van der Waals surface area contributed by atoms with E-state index < -0.39 is 0 Å². The zero-order valence-corrected chi connectivity index (χ0v) is 13.1. The lowest BCUT2D eigenvalue weighted by molar-refractivity contribution is 0.142. The molecule has 1 fully saturated rings. The Kier molecular flexibility index (Phi) is 4.60. The molecule has 5 nitrogen and oxygen atoms in total. The van der Waals surface area contributed by atoms with Crippen molar-refractivity contribution in [1.82, 2.24) is 15.5 Å². The zero-order chi connectivity index (χ0) is 14.8. The number of benzene rings is 2. The largest absolute Gasteiger partial charge is 0.487 e. The van der Waals surface area contributed by atoms with E-state index in [1.54, 1.807) is 0 Å². The normalized spacial score (nSPS) is 13.9. The van der Waals surface area contributed by atoms with Crippen molar-refractivity contribution in [2.45, 2.75) is 6.10 Å². The van der Waals surface area contributed by atoms with Gasteiger partial charge in [-0.05, 0) is 12.1 Å². The Morgan fingerprint density at radius 2 is 1.74 bits per heavy atom. The first-order chi connectivity index (χ1) is 10.9. The second kappa shape index (κ2) is 6.81. The van der Waals surface area contributed by atoms with E-state index in [9.17, 15) is 0 Å². The van der Waals surface area contributed by atoms with Crippen LogP contribution >= 0.6 is 12.4 Å². The molecule has 6 heteroatoms. The maximum atomic E-state index is 5.96. The van der Waals surface area contributed by atoms with Crippen LogP contribution in [0.1, 0.15) is 0 Å². The highest BCUT2D eigenvalue weighted by molar-refractivity contribution is 5.85. The molecular weight excluding hydrogens is 314 g/mol. The van der Waals surface area contributed by atoms with E-state index in [2.05, 4.69) is 15.5 Å². The Bertz CT molecular complexity index is 772. The van der Waals surface area contributed by atoms with E-state index in [4.69, 9.17) is 9.26 Å². The number of para-hydroxylation sites is 1. The Balaban J connectivity index is 0.00000156. The summed E-state index contributed by atoms with van der Waals surface area (Å²) >= 11 is 0. The lowest BCUT2D eigenvalue weighted by Crippen LogP contribution is -2.50. The lowest BCUT2D eigenvalue weighted by Gasteiger charge is -2.28. The van der Waals surface area contributed by atoms with Crippen molar-refractivity contribution in [3.63, 3.8) is 0 Å². The number of hydrogen-bond donors (Lipinski definition) is 1. The number of rotatable bonds is 4. The fraction of sp³-hybridized carbons (Fsp3) is 0.176. The van der Waals surface area contributed by atoms with Crippen molar-refractivity contribution in [2.24, 2.45) is 0 Å². The highest BCUT2D eigenvalue weighted by atomic mass is 35.5. The van der Waals surface area contributed by atoms with Gasteiger partial charge in [-0.25, -0.2) is 0 Å². The monoisotopic (exact) mass is 329 g/mol. The molecule has 3 aromatic rings. The first-order valence-corrected chi connectivity index (χ1v) is 7.26. The minimum Gasteiger partial charge on any atom is -0.487 e. The van der Waals surface area contributed by atoms with Crippen LogP contribution in [0.15, 0.2) is 59.1 Å². The molecule has 0 atom stereocenters. The summed E-state index contributed by atoms with van der Waals surface area (Å²) in [6.45, 7) is 1.74. The van der Waals surface area contributed by atoms with Gasteiger partial charge in [0.05, 0.1) is 5.56 Å². The molecule has 1 saturated heterocycles. The van der Waals surface area contributed by atoms with E-state index in [1.807, 2.05) is 54.6 Å². The lowest BCUT2D eigenvalue weighted by atomic mass is 10.1. The molecule has 23 heavy (non-hydrogen) atoms. The van der Waals surface area contributed by atoms with Crippen LogP contribution in [0, 0.1) is 0 Å². The van der Waals surface area contributed by atoms with Gasteiger partial charge in [-0.15, -0.1) is 12.4 Å². The molecule has 0 radical (unpaired) electrons. The van der Waals surface area contributed by atoms with Crippen LogP contribution in [0.5, 0.6) is 5.75 Å². The van der Waals surface area contributed by atoms with Gasteiger partial charge < -0.3 is 14.6 Å². The van der Waals surface area contributed by atoms with E-state index in [0.717, 1.165) is 30.0 Å². The van der Waals surface area contributed by atoms with Crippen LogP contribution in [0.25, 0.3) is 22.8 Å². The SMILES string of the molecule is Cl.c1ccc(-c2noc(-c3ccccc3OC3CNC3)n2)cc1. The summed E-state index contributed by atoms with van der Waals surface area (Å²) in [5, 5.41) is 7.25. The second-order valence-electron chi connectivity index (χ2n) is 5.18. The molecule has 0 amide bonds. The summed E-state index contributed by atoms with van der Waals surface area (Å²) < 4.78 is 11.4. The fourth-order valence-electron chi connectivity index (χ4n) is 2.31. The molecule has 1 aliphatic heterocycles. The molecule has 2 heterocycles. The van der Waals surface area contributed by atoms with Gasteiger partial charge in [0.2, 0.25) is 5.82 Å². The van der Waals surface area contributed by atoms with E-state index >= 15 is 0 Å². The summed E-state index contributed by atoms with van der Waals surface area (Å²) in [7, 11) is 0. The molecule has 1 N–H and O–H groups in total. The highest BCUT2D eigenvalue weighted by Gasteiger charge is 2.21. The zero-order valence-electron chi connectivity index (χ0n) is 12.3. The molecular formula is C17H16ClN3O2. The van der Waals surface area contributed by atoms with Crippen LogP contribution in [0.2, 0.25) is 0 Å². The van der Waals surface area contributed by atoms with E-state index in [-0.39, 0.29) is 18.5 Å². The third-order valence-electron chi connectivity index (χ3n) is 3.61. The van der Waals surface area contributed by atoms with Crippen molar-refractivity contribution < 1.29 is 9.26 Å². The van der Waals surface area contributed by atoms with Crippen LogP contribution in [-0.2, 0) is 0 Å². The van der Waals surface area contributed by atoms with Gasteiger partial charge in [-0.1, -0.05) is 47.6 Å². The number of nitrogens with one attached hydrogen (secondary N) is 1. The third kappa shape index (κ3) is 3.21. The van der Waals surface area contributed by atoms with Crippen LogP contribution in [0.3, 0.4) is 0 Å². The van der Waals surface area contributed by atoms with Gasteiger partial charge in [-0.2, -0.15) is 4.98 Å². The Hall–Kier alpha value is -2.37. The predicted octanol–water partition coefficient (Wildman–Crippen LogP) is 3.18. The maximum Gasteiger partial charge on any atom is 0.262 e. The van der Waals surface area contributed by atoms with Gasteiger partial charge in [0.25, 0.3) is 5.89 Å². The number of nitrogens with zero attached hydrogens (tertiary/aromatic N) is 2. The van der Waals surface area contributed by atoms with Gasteiger partial charge in [0, 0.05) is 18.7 Å². The fourth-order valence-corrected chi connectivity index (χ4v) is 2.31. The summed E-state index contributed by atoms with van der Waals surface area (Å²) in [4.78, 5) is 4.49. The van der Waals surface area contributed by atoms with Gasteiger partial charge >= 0.3 is 0 Å².